The Morgan fingerprint density at radius 1 is 0.857 bits per heavy atom. The van der Waals surface area contributed by atoms with Crippen LogP contribution in [0.25, 0.3) is 0 Å². The molecule has 0 radical (unpaired) electrons. The van der Waals surface area contributed by atoms with Gasteiger partial charge in [-0.1, -0.05) is 0 Å². The van der Waals surface area contributed by atoms with E-state index in [1.54, 1.807) is 0 Å². The second-order valence-corrected chi connectivity index (χ2v) is 4.39. The minimum Gasteiger partial charge on any atom is -0.480 e. The van der Waals surface area contributed by atoms with Gasteiger partial charge in [0.15, 0.2) is 0 Å². The molecule has 0 aliphatic rings. The Kier molecular flexibility index (Phi) is 16.0. The molecule has 2 unspecified atom stereocenters. The van der Waals surface area contributed by atoms with Crippen molar-refractivity contribution in [1.29, 1.82) is 0 Å². The van der Waals surface area contributed by atoms with Crippen LogP contribution in [-0.4, -0.2) is 64.8 Å². The van der Waals surface area contributed by atoms with Gasteiger partial charge < -0.3 is 33.1 Å². The number of nitrogens with two attached hydrogens (primary N) is 4. The Labute approximate surface area is 121 Å². The summed E-state index contributed by atoms with van der Waals surface area (Å²) < 4.78 is 31.6. The van der Waals surface area contributed by atoms with Gasteiger partial charge >= 0.3 is 22.3 Å². The van der Waals surface area contributed by atoms with Crippen LogP contribution in [0, 0.1) is 0 Å². The molecule has 0 aliphatic carbocycles. The van der Waals surface area contributed by atoms with Crippen molar-refractivity contribution < 1.29 is 37.3 Å². The van der Waals surface area contributed by atoms with Gasteiger partial charge in [0.05, 0.1) is 0 Å². The van der Waals surface area contributed by atoms with E-state index in [-0.39, 0.29) is 0 Å². The normalized spacial score (nSPS) is 12.9. The van der Waals surface area contributed by atoms with E-state index in [0.717, 1.165) is 0 Å². The Morgan fingerprint density at radius 3 is 1.10 bits per heavy atom. The number of rotatable bonds is 6. The molecule has 0 saturated heterocycles. The van der Waals surface area contributed by atoms with Crippen LogP contribution in [0.5, 0.6) is 0 Å². The topological polar surface area (TPSA) is 253 Å². The van der Waals surface area contributed by atoms with Crippen LogP contribution in [0.2, 0.25) is 0 Å². The van der Waals surface area contributed by atoms with Crippen LogP contribution in [0.15, 0.2) is 0 Å². The maximum Gasteiger partial charge on any atom is 0.394 e. The van der Waals surface area contributed by atoms with Crippen molar-refractivity contribution in [2.24, 2.45) is 22.9 Å². The molecule has 0 aromatic heterocycles. The lowest BCUT2D eigenvalue weighted by atomic mass is 10.2. The molecule has 0 fully saturated rings. The monoisotopic (exact) mass is 334 g/mol. The van der Waals surface area contributed by atoms with E-state index in [1.807, 2.05) is 0 Å². The second kappa shape index (κ2) is 13.6. The van der Waals surface area contributed by atoms with Crippen LogP contribution < -0.4 is 22.9 Å². The molecule has 0 amide bonds. The molecule has 21 heavy (non-hydrogen) atoms. The smallest absolute Gasteiger partial charge is 0.394 e. The van der Waals surface area contributed by atoms with Gasteiger partial charge in [-0.3, -0.25) is 18.7 Å². The van der Waals surface area contributed by atoms with E-state index >= 15 is 0 Å². The largest absolute Gasteiger partial charge is 0.480 e. The molecular weight excluding hydrogens is 312 g/mol. The molecule has 12 nitrogen and oxygen atoms in total. The number of hydrogen-bond donors (Lipinski definition) is 8. The van der Waals surface area contributed by atoms with Crippen LogP contribution >= 0.6 is 0 Å². The zero-order valence-corrected chi connectivity index (χ0v) is 11.9. The van der Waals surface area contributed by atoms with Gasteiger partial charge in [0.2, 0.25) is 0 Å². The molecule has 0 aromatic carbocycles. The van der Waals surface area contributed by atoms with E-state index in [2.05, 4.69) is 0 Å². The summed E-state index contributed by atoms with van der Waals surface area (Å²) >= 11 is 0. The van der Waals surface area contributed by atoms with Gasteiger partial charge in [0.1, 0.15) is 12.1 Å². The summed E-state index contributed by atoms with van der Waals surface area (Å²) in [6.07, 6.45) is 0.685. The molecule has 0 saturated carbocycles. The highest BCUT2D eigenvalue weighted by atomic mass is 32.3. The molecule has 2 atom stereocenters. The first-order valence-corrected chi connectivity index (χ1v) is 6.83. The Hall–Kier alpha value is -1.35. The van der Waals surface area contributed by atoms with Gasteiger partial charge in [-0.25, -0.2) is 0 Å². The SMILES string of the molecule is NCCC(N)C(=O)O.NCCC(N)C(=O)O.O=S(=O)(O)O. The van der Waals surface area contributed by atoms with Crippen LogP contribution in [0.1, 0.15) is 12.8 Å². The Balaban J connectivity index is -0.000000239. The van der Waals surface area contributed by atoms with E-state index in [9.17, 15) is 9.59 Å². The van der Waals surface area contributed by atoms with Crippen molar-refractivity contribution in [3.8, 4) is 0 Å². The fourth-order valence-corrected chi connectivity index (χ4v) is 0.606. The quantitative estimate of drug-likeness (QED) is 0.224. The number of carbonyl (C=O) groups is 2. The van der Waals surface area contributed by atoms with E-state index < -0.39 is 34.4 Å². The number of aliphatic carboxylic acids is 2. The highest BCUT2D eigenvalue weighted by molar-refractivity contribution is 7.79. The van der Waals surface area contributed by atoms with Gasteiger partial charge in [-0.05, 0) is 25.9 Å². The first kappa shape index (κ1) is 24.7. The summed E-state index contributed by atoms with van der Waals surface area (Å²) in [6, 6.07) is -1.58. The molecule has 0 heterocycles. The van der Waals surface area contributed by atoms with Crippen LogP contribution in [0.4, 0.5) is 0 Å². The zero-order valence-electron chi connectivity index (χ0n) is 11.1. The summed E-state index contributed by atoms with van der Waals surface area (Å²) in [5.74, 6) is -1.98. The average molecular weight is 334 g/mol. The highest BCUT2D eigenvalue weighted by Gasteiger charge is 2.08. The van der Waals surface area contributed by atoms with Crippen LogP contribution in [0.3, 0.4) is 0 Å². The number of hydrogen-bond acceptors (Lipinski definition) is 8. The average Bonchev–Trinajstić information content (AvgIpc) is 2.28. The first-order chi connectivity index (χ1) is 9.36. The lowest BCUT2D eigenvalue weighted by Gasteiger charge is -2.00. The Bertz CT molecular complexity index is 358. The fraction of sp³-hybridized carbons (Fsp3) is 0.750. The highest BCUT2D eigenvalue weighted by Crippen LogP contribution is 1.82. The summed E-state index contributed by atoms with van der Waals surface area (Å²) in [7, 11) is -4.67. The van der Waals surface area contributed by atoms with Gasteiger partial charge in [0.25, 0.3) is 0 Å². The molecule has 13 heteroatoms. The van der Waals surface area contributed by atoms with E-state index in [0.29, 0.717) is 25.9 Å². The molecule has 0 aromatic rings. The van der Waals surface area contributed by atoms with Crippen molar-refractivity contribution >= 4 is 22.3 Å². The standard InChI is InChI=1S/2C4H10N2O2.H2O4S/c2*5-2-1-3(6)4(7)8;1-5(2,3)4/h2*3H,1-2,5-6H2,(H,7,8);(H2,1,2,3,4). The van der Waals surface area contributed by atoms with Crippen molar-refractivity contribution in [3.63, 3.8) is 0 Å². The molecule has 128 valence electrons. The maximum atomic E-state index is 9.91. The van der Waals surface area contributed by atoms with Crippen molar-refractivity contribution in [2.75, 3.05) is 13.1 Å². The summed E-state index contributed by atoms with van der Waals surface area (Å²) in [5, 5.41) is 16.3. The minimum atomic E-state index is -4.67. The lowest BCUT2D eigenvalue weighted by Crippen LogP contribution is -2.32. The fourth-order valence-electron chi connectivity index (χ4n) is 0.606. The molecule has 0 rings (SSSR count). The third kappa shape index (κ3) is 32.3. The number of carboxylic acids is 2. The summed E-state index contributed by atoms with van der Waals surface area (Å²) in [5.41, 5.74) is 20.1. The molecule has 0 spiro atoms. The third-order valence-electron chi connectivity index (χ3n) is 1.59. The molecular formula is C8H22N4O8S. The molecule has 0 aliphatic heterocycles. The van der Waals surface area contributed by atoms with Gasteiger partial charge in [-0.2, -0.15) is 8.42 Å². The predicted octanol–water partition coefficient (Wildman–Crippen LogP) is -3.16. The van der Waals surface area contributed by atoms with E-state index in [1.165, 1.54) is 0 Å². The first-order valence-electron chi connectivity index (χ1n) is 5.43. The van der Waals surface area contributed by atoms with Crippen LogP contribution in [-0.2, 0) is 20.0 Å². The second-order valence-electron chi connectivity index (χ2n) is 3.49. The molecule has 12 N–H and O–H groups in total. The lowest BCUT2D eigenvalue weighted by molar-refractivity contribution is -0.139. The summed E-state index contributed by atoms with van der Waals surface area (Å²) in [4.78, 5) is 19.8. The maximum absolute atomic E-state index is 9.91. The molecule has 0 bridgehead atoms. The van der Waals surface area contributed by atoms with Gasteiger partial charge in [-0.15, -0.1) is 0 Å². The minimum absolute atomic E-state index is 0.327. The third-order valence-corrected chi connectivity index (χ3v) is 1.59. The van der Waals surface area contributed by atoms with Crippen molar-refractivity contribution in [1.82, 2.24) is 0 Å². The number of carboxylic acid groups (broad SMARTS) is 2. The van der Waals surface area contributed by atoms with Crippen molar-refractivity contribution in [3.05, 3.63) is 0 Å². The zero-order chi connectivity index (χ0) is 17.6. The summed E-state index contributed by atoms with van der Waals surface area (Å²) in [6.45, 7) is 0.654. The Morgan fingerprint density at radius 2 is 1.05 bits per heavy atom. The van der Waals surface area contributed by atoms with E-state index in [4.69, 9.17) is 50.7 Å². The van der Waals surface area contributed by atoms with Crippen molar-refractivity contribution in [2.45, 2.75) is 24.9 Å². The predicted molar refractivity (Wildman–Crippen MR) is 72.7 cm³/mol. The van der Waals surface area contributed by atoms with Gasteiger partial charge in [0, 0.05) is 0 Å².